The molecule has 0 radical (unpaired) electrons. The SMILES string of the molecule is c1ccc(-c2ccc(N(c3ccc(-c4ccc5sc6ccc7nc(-c8ccccc8)sc7c6c5c4)cc3)c3cccc(-c4cccc5oc6ccccc6c45)c3)cc2)cc1. The summed E-state index contributed by atoms with van der Waals surface area (Å²) in [6, 6.07) is 73.8. The second-order valence-electron chi connectivity index (χ2n) is 15.1. The molecule has 9 aromatic carbocycles. The van der Waals surface area contributed by atoms with Gasteiger partial charge in [-0.3, -0.25) is 0 Å². The maximum Gasteiger partial charge on any atom is 0.136 e. The maximum atomic E-state index is 6.29. The number of fused-ring (bicyclic) bond motifs is 8. The van der Waals surface area contributed by atoms with E-state index in [1.807, 2.05) is 23.5 Å². The summed E-state index contributed by atoms with van der Waals surface area (Å²) in [5.41, 5.74) is 14.3. The highest BCUT2D eigenvalue weighted by Crippen LogP contribution is 2.45. The Labute approximate surface area is 354 Å². The molecule has 0 bridgehead atoms. The molecule has 0 amide bonds. The van der Waals surface area contributed by atoms with Crippen LogP contribution in [-0.4, -0.2) is 4.98 Å². The van der Waals surface area contributed by atoms with E-state index in [0.717, 1.165) is 66.2 Å². The number of thiophene rings is 1. The molecule has 0 aliphatic heterocycles. The predicted molar refractivity (Wildman–Crippen MR) is 256 cm³/mol. The van der Waals surface area contributed by atoms with Gasteiger partial charge in [0.05, 0.1) is 10.2 Å². The van der Waals surface area contributed by atoms with Crippen LogP contribution in [-0.2, 0) is 0 Å². The topological polar surface area (TPSA) is 29.3 Å². The summed E-state index contributed by atoms with van der Waals surface area (Å²) in [6.07, 6.45) is 0. The van der Waals surface area contributed by atoms with Crippen LogP contribution in [0.4, 0.5) is 17.1 Å². The highest BCUT2D eigenvalue weighted by molar-refractivity contribution is 7.28. The van der Waals surface area contributed by atoms with Crippen molar-refractivity contribution in [1.29, 1.82) is 0 Å². The lowest BCUT2D eigenvalue weighted by molar-refractivity contribution is 0.669. The highest BCUT2D eigenvalue weighted by Gasteiger charge is 2.18. The number of benzene rings is 9. The predicted octanol–water partition coefficient (Wildman–Crippen LogP) is 16.7. The largest absolute Gasteiger partial charge is 0.456 e. The van der Waals surface area contributed by atoms with Gasteiger partial charge in [-0.25, -0.2) is 4.98 Å². The van der Waals surface area contributed by atoms with Crippen molar-refractivity contribution >= 4 is 92.1 Å². The van der Waals surface area contributed by atoms with Crippen LogP contribution in [0.15, 0.2) is 211 Å². The zero-order valence-corrected chi connectivity index (χ0v) is 33.9. The van der Waals surface area contributed by atoms with E-state index in [2.05, 4.69) is 199 Å². The molecule has 282 valence electrons. The van der Waals surface area contributed by atoms with Crippen LogP contribution < -0.4 is 4.90 Å². The van der Waals surface area contributed by atoms with Crippen molar-refractivity contribution in [2.45, 2.75) is 0 Å². The second-order valence-corrected chi connectivity index (χ2v) is 17.2. The number of para-hydroxylation sites is 1. The fourth-order valence-corrected chi connectivity index (χ4v) is 10.9. The van der Waals surface area contributed by atoms with Gasteiger partial charge in [-0.15, -0.1) is 22.7 Å². The second kappa shape index (κ2) is 14.2. The van der Waals surface area contributed by atoms with Crippen LogP contribution >= 0.6 is 22.7 Å². The van der Waals surface area contributed by atoms with Crippen molar-refractivity contribution in [3.8, 4) is 44.0 Å². The summed E-state index contributed by atoms with van der Waals surface area (Å²) in [4.78, 5) is 7.41. The lowest BCUT2D eigenvalue weighted by atomic mass is 9.98. The van der Waals surface area contributed by atoms with Crippen LogP contribution in [0.5, 0.6) is 0 Å². The van der Waals surface area contributed by atoms with Crippen molar-refractivity contribution in [2.24, 2.45) is 0 Å². The summed E-state index contributed by atoms with van der Waals surface area (Å²) in [6.45, 7) is 0. The molecule has 3 heterocycles. The first-order valence-electron chi connectivity index (χ1n) is 20.1. The summed E-state index contributed by atoms with van der Waals surface area (Å²) in [5, 5.41) is 5.90. The van der Waals surface area contributed by atoms with Crippen LogP contribution in [0.2, 0.25) is 0 Å². The fourth-order valence-electron chi connectivity index (χ4n) is 8.64. The first-order chi connectivity index (χ1) is 29.7. The summed E-state index contributed by atoms with van der Waals surface area (Å²) in [7, 11) is 0. The number of anilines is 3. The molecule has 0 saturated carbocycles. The first kappa shape index (κ1) is 34.7. The van der Waals surface area contributed by atoms with E-state index in [0.29, 0.717) is 0 Å². The molecule has 5 heteroatoms. The van der Waals surface area contributed by atoms with E-state index in [1.165, 1.54) is 47.1 Å². The molecule has 0 N–H and O–H groups in total. The van der Waals surface area contributed by atoms with E-state index in [9.17, 15) is 0 Å². The Bertz CT molecular complexity index is 3530. The third-order valence-corrected chi connectivity index (χ3v) is 13.8. The van der Waals surface area contributed by atoms with Gasteiger partial charge in [0.25, 0.3) is 0 Å². The molecule has 3 nitrogen and oxygen atoms in total. The Hall–Kier alpha value is -7.31. The van der Waals surface area contributed by atoms with Gasteiger partial charge in [0.2, 0.25) is 0 Å². The molecular weight excluding hydrogens is 769 g/mol. The van der Waals surface area contributed by atoms with Crippen molar-refractivity contribution in [3.63, 3.8) is 0 Å². The summed E-state index contributed by atoms with van der Waals surface area (Å²) >= 11 is 3.64. The van der Waals surface area contributed by atoms with Gasteiger partial charge < -0.3 is 9.32 Å². The van der Waals surface area contributed by atoms with Crippen molar-refractivity contribution in [2.75, 3.05) is 4.90 Å². The molecule has 0 aliphatic carbocycles. The number of hydrogen-bond acceptors (Lipinski definition) is 5. The van der Waals surface area contributed by atoms with Crippen LogP contribution in [0.1, 0.15) is 0 Å². The van der Waals surface area contributed by atoms with Crippen molar-refractivity contribution in [1.82, 2.24) is 4.98 Å². The Balaban J connectivity index is 0.956. The van der Waals surface area contributed by atoms with E-state index in [-0.39, 0.29) is 0 Å². The van der Waals surface area contributed by atoms with Gasteiger partial charge in [0, 0.05) is 53.6 Å². The molecule has 0 saturated heterocycles. The summed E-state index contributed by atoms with van der Waals surface area (Å²) < 4.78 is 10.1. The Morgan fingerprint density at radius 1 is 0.383 bits per heavy atom. The number of aromatic nitrogens is 1. The Kier molecular flexibility index (Phi) is 8.22. The third kappa shape index (κ3) is 5.90. The normalized spacial score (nSPS) is 11.7. The minimum atomic E-state index is 0.894. The van der Waals surface area contributed by atoms with E-state index < -0.39 is 0 Å². The number of furan rings is 1. The molecule has 60 heavy (non-hydrogen) atoms. The standard InChI is InChI=1S/C55H34N2OS2/c1-3-11-35(12-4-1)36-21-26-41(27-22-36)57(43-16-9-15-40(33-43)44-18-10-20-49-52(44)45-17-7-8-19-48(45)58-49)42-28-23-37(24-29-42)39-25-31-50-46(34-39)53-51(59-50)32-30-47-54(53)60-55(56-47)38-13-5-2-6-14-38/h1-34H. The summed E-state index contributed by atoms with van der Waals surface area (Å²) in [5.74, 6) is 0. The number of hydrogen-bond donors (Lipinski definition) is 0. The number of nitrogens with zero attached hydrogens (tertiary/aromatic N) is 2. The molecular formula is C55H34N2OS2. The van der Waals surface area contributed by atoms with Gasteiger partial charge in [0.1, 0.15) is 16.2 Å². The maximum absolute atomic E-state index is 6.29. The smallest absolute Gasteiger partial charge is 0.136 e. The van der Waals surface area contributed by atoms with E-state index in [4.69, 9.17) is 9.40 Å². The van der Waals surface area contributed by atoms with E-state index in [1.54, 1.807) is 11.3 Å². The van der Waals surface area contributed by atoms with Crippen molar-refractivity contribution in [3.05, 3.63) is 206 Å². The minimum Gasteiger partial charge on any atom is -0.456 e. The van der Waals surface area contributed by atoms with E-state index >= 15 is 0 Å². The van der Waals surface area contributed by atoms with Crippen LogP contribution in [0.25, 0.3) is 96.3 Å². The number of rotatable bonds is 7. The van der Waals surface area contributed by atoms with Crippen molar-refractivity contribution < 1.29 is 4.42 Å². The quantitative estimate of drug-likeness (QED) is 0.161. The monoisotopic (exact) mass is 802 g/mol. The third-order valence-electron chi connectivity index (χ3n) is 11.5. The number of thiazole rings is 1. The van der Waals surface area contributed by atoms with Crippen LogP contribution in [0.3, 0.4) is 0 Å². The van der Waals surface area contributed by atoms with Gasteiger partial charge in [-0.2, -0.15) is 0 Å². The Morgan fingerprint density at radius 2 is 1.00 bits per heavy atom. The Morgan fingerprint density at radius 3 is 1.78 bits per heavy atom. The highest BCUT2D eigenvalue weighted by atomic mass is 32.1. The minimum absolute atomic E-state index is 0.894. The lowest BCUT2D eigenvalue weighted by Crippen LogP contribution is -2.10. The molecule has 0 aliphatic rings. The van der Waals surface area contributed by atoms with Crippen LogP contribution in [0, 0.1) is 0 Å². The molecule has 0 spiro atoms. The zero-order valence-electron chi connectivity index (χ0n) is 32.2. The molecule has 0 unspecified atom stereocenters. The molecule has 3 aromatic heterocycles. The fraction of sp³-hybridized carbons (Fsp3) is 0. The molecule has 12 rings (SSSR count). The average molecular weight is 803 g/mol. The van der Waals surface area contributed by atoms with Gasteiger partial charge in [0.15, 0.2) is 0 Å². The first-order valence-corrected chi connectivity index (χ1v) is 21.7. The average Bonchev–Trinajstić information content (AvgIpc) is 4.04. The zero-order chi connectivity index (χ0) is 39.6. The molecule has 0 fully saturated rings. The van der Waals surface area contributed by atoms with Gasteiger partial charge >= 0.3 is 0 Å². The van der Waals surface area contributed by atoms with Gasteiger partial charge in [-0.05, 0) is 106 Å². The lowest BCUT2D eigenvalue weighted by Gasteiger charge is -2.26. The van der Waals surface area contributed by atoms with Gasteiger partial charge in [-0.1, -0.05) is 133 Å². The molecule has 12 aromatic rings. The molecule has 0 atom stereocenters.